The quantitative estimate of drug-likeness (QED) is 0.591. The highest BCUT2D eigenvalue weighted by molar-refractivity contribution is 5.77. The van der Waals surface area contributed by atoms with Gasteiger partial charge >= 0.3 is 0 Å². The van der Waals surface area contributed by atoms with Crippen molar-refractivity contribution >= 4 is 12.5 Å². The van der Waals surface area contributed by atoms with E-state index in [1.165, 1.54) is 0 Å². The second-order valence-electron chi connectivity index (χ2n) is 3.56. The summed E-state index contributed by atoms with van der Waals surface area (Å²) in [4.78, 5) is 17.3. The van der Waals surface area contributed by atoms with Gasteiger partial charge in [-0.15, -0.1) is 0 Å². The van der Waals surface area contributed by atoms with Gasteiger partial charge in [0.15, 0.2) is 0 Å². The maximum Gasteiger partial charge on any atom is 0.144 e. The second-order valence-corrected chi connectivity index (χ2v) is 3.56. The molecule has 2 heterocycles. The van der Waals surface area contributed by atoms with Crippen LogP contribution in [0.2, 0.25) is 0 Å². The average Bonchev–Trinajstić information content (AvgIpc) is 2.31. The monoisotopic (exact) mass is 194 g/mol. The van der Waals surface area contributed by atoms with E-state index in [1.807, 2.05) is 6.08 Å². The maximum atomic E-state index is 11.2. The maximum absolute atomic E-state index is 11.2. The van der Waals surface area contributed by atoms with E-state index in [1.54, 1.807) is 12.4 Å². The van der Waals surface area contributed by atoms with Crippen molar-refractivity contribution in [1.82, 2.24) is 4.90 Å². The van der Waals surface area contributed by atoms with Gasteiger partial charge in [0.1, 0.15) is 11.8 Å². The molecule has 0 N–H and O–H groups in total. The zero-order valence-corrected chi connectivity index (χ0v) is 8.06. The van der Waals surface area contributed by atoms with Crippen molar-refractivity contribution in [3.63, 3.8) is 0 Å². The zero-order valence-electron chi connectivity index (χ0n) is 8.06. The largest absolute Gasteiger partial charge is 0.379 e. The molecule has 1 atom stereocenters. The van der Waals surface area contributed by atoms with E-state index < -0.39 is 5.54 Å². The molecule has 76 valence electrons. The Morgan fingerprint density at radius 1 is 1.43 bits per heavy atom. The lowest BCUT2D eigenvalue weighted by Gasteiger charge is -2.39. The van der Waals surface area contributed by atoms with Crippen molar-refractivity contribution in [2.45, 2.75) is 12.0 Å². The first kappa shape index (κ1) is 9.55. The molecular formula is C10H14N2O2. The molecule has 1 fully saturated rings. The first-order chi connectivity index (χ1) is 6.87. The number of carbonyl (C=O) groups is 1. The van der Waals surface area contributed by atoms with E-state index >= 15 is 0 Å². The molecule has 0 aromatic heterocycles. The molecule has 0 aromatic carbocycles. The zero-order chi connectivity index (χ0) is 9.86. The number of ether oxygens (including phenoxy) is 1. The lowest BCUT2D eigenvalue weighted by molar-refractivity contribution is -0.118. The molecule has 2 aliphatic heterocycles. The second kappa shape index (κ2) is 4.02. The topological polar surface area (TPSA) is 41.9 Å². The Morgan fingerprint density at radius 2 is 2.21 bits per heavy atom. The predicted molar refractivity (Wildman–Crippen MR) is 53.4 cm³/mol. The minimum atomic E-state index is -0.467. The minimum Gasteiger partial charge on any atom is -0.379 e. The van der Waals surface area contributed by atoms with Gasteiger partial charge in [-0.2, -0.15) is 0 Å². The third kappa shape index (κ3) is 1.63. The van der Waals surface area contributed by atoms with Crippen molar-refractivity contribution in [3.05, 3.63) is 12.3 Å². The molecule has 2 aliphatic rings. The number of nitrogens with zero attached hydrogens (tertiary/aromatic N) is 2. The SMILES string of the molecule is O=CC1(N2CCOCC2)C=CN=CC1. The van der Waals surface area contributed by atoms with Crippen LogP contribution in [0.4, 0.5) is 0 Å². The summed E-state index contributed by atoms with van der Waals surface area (Å²) in [5.41, 5.74) is -0.467. The van der Waals surface area contributed by atoms with Crippen LogP contribution in [0.15, 0.2) is 17.3 Å². The number of rotatable bonds is 2. The Hall–Kier alpha value is -1.00. The molecule has 0 aromatic rings. The first-order valence-corrected chi connectivity index (χ1v) is 4.86. The van der Waals surface area contributed by atoms with Gasteiger partial charge in [-0.3, -0.25) is 9.89 Å². The van der Waals surface area contributed by atoms with Crippen LogP contribution < -0.4 is 0 Å². The molecule has 0 saturated carbocycles. The van der Waals surface area contributed by atoms with E-state index in [2.05, 4.69) is 9.89 Å². The summed E-state index contributed by atoms with van der Waals surface area (Å²) >= 11 is 0. The van der Waals surface area contributed by atoms with E-state index in [-0.39, 0.29) is 0 Å². The molecule has 0 spiro atoms. The summed E-state index contributed by atoms with van der Waals surface area (Å²) < 4.78 is 5.26. The number of carbonyl (C=O) groups excluding carboxylic acids is 1. The van der Waals surface area contributed by atoms with Crippen molar-refractivity contribution < 1.29 is 9.53 Å². The fourth-order valence-electron chi connectivity index (χ4n) is 1.88. The van der Waals surface area contributed by atoms with Crippen LogP contribution in [0.5, 0.6) is 0 Å². The Kier molecular flexibility index (Phi) is 2.74. The van der Waals surface area contributed by atoms with Crippen LogP contribution in [-0.4, -0.2) is 49.2 Å². The smallest absolute Gasteiger partial charge is 0.144 e. The van der Waals surface area contributed by atoms with E-state index in [9.17, 15) is 4.79 Å². The fourth-order valence-corrected chi connectivity index (χ4v) is 1.88. The van der Waals surface area contributed by atoms with E-state index in [0.717, 1.165) is 19.4 Å². The van der Waals surface area contributed by atoms with Crippen LogP contribution in [0.3, 0.4) is 0 Å². The lowest BCUT2D eigenvalue weighted by Crippen LogP contribution is -2.54. The van der Waals surface area contributed by atoms with Gasteiger partial charge in [0.2, 0.25) is 0 Å². The van der Waals surface area contributed by atoms with Crippen molar-refractivity contribution in [2.75, 3.05) is 26.3 Å². The number of aliphatic imine (C=N–C) groups is 1. The summed E-state index contributed by atoms with van der Waals surface area (Å²) in [6, 6.07) is 0. The van der Waals surface area contributed by atoms with Crippen molar-refractivity contribution in [2.24, 2.45) is 4.99 Å². The molecule has 1 saturated heterocycles. The van der Waals surface area contributed by atoms with Gasteiger partial charge in [-0.1, -0.05) is 0 Å². The number of hydrogen-bond acceptors (Lipinski definition) is 4. The molecule has 2 rings (SSSR count). The molecule has 4 heteroatoms. The number of hydrogen-bond donors (Lipinski definition) is 0. The molecule has 0 radical (unpaired) electrons. The minimum absolute atomic E-state index is 0.467. The van der Waals surface area contributed by atoms with Gasteiger partial charge in [0.25, 0.3) is 0 Å². The lowest BCUT2D eigenvalue weighted by atomic mass is 9.93. The summed E-state index contributed by atoms with van der Waals surface area (Å²) in [5.74, 6) is 0. The molecule has 4 nitrogen and oxygen atoms in total. The van der Waals surface area contributed by atoms with Gasteiger partial charge in [-0.05, 0) is 6.08 Å². The van der Waals surface area contributed by atoms with Crippen LogP contribution in [0.25, 0.3) is 0 Å². The highest BCUT2D eigenvalue weighted by Crippen LogP contribution is 2.22. The first-order valence-electron chi connectivity index (χ1n) is 4.86. The molecule has 0 amide bonds. The summed E-state index contributed by atoms with van der Waals surface area (Å²) in [6.45, 7) is 3.05. The molecule has 1 unspecified atom stereocenters. The van der Waals surface area contributed by atoms with Gasteiger partial charge in [0, 0.05) is 31.9 Å². The molecule has 0 aliphatic carbocycles. The highest BCUT2D eigenvalue weighted by atomic mass is 16.5. The average molecular weight is 194 g/mol. The van der Waals surface area contributed by atoms with E-state index in [0.29, 0.717) is 19.6 Å². The van der Waals surface area contributed by atoms with Crippen molar-refractivity contribution in [1.29, 1.82) is 0 Å². The van der Waals surface area contributed by atoms with Crippen molar-refractivity contribution in [3.8, 4) is 0 Å². The Bertz CT molecular complexity index is 269. The Labute approximate surface area is 83.3 Å². The molecule has 14 heavy (non-hydrogen) atoms. The van der Waals surface area contributed by atoms with Crippen LogP contribution in [0.1, 0.15) is 6.42 Å². The standard InChI is InChI=1S/C10H14N2O2/c13-9-10(1-3-11-4-2-10)12-5-7-14-8-6-12/h1,3-4,9H,2,5-8H2. The molecular weight excluding hydrogens is 180 g/mol. The summed E-state index contributed by atoms with van der Waals surface area (Å²) in [5, 5.41) is 0. The Balaban J connectivity index is 2.14. The highest BCUT2D eigenvalue weighted by Gasteiger charge is 2.35. The van der Waals surface area contributed by atoms with Gasteiger partial charge in [-0.25, -0.2) is 0 Å². The predicted octanol–water partition coefficient (Wildman–Crippen LogP) is 0.244. The third-order valence-electron chi connectivity index (χ3n) is 2.78. The third-order valence-corrected chi connectivity index (χ3v) is 2.78. The number of morpholine rings is 1. The van der Waals surface area contributed by atoms with Crippen LogP contribution >= 0.6 is 0 Å². The fraction of sp³-hybridized carbons (Fsp3) is 0.600. The van der Waals surface area contributed by atoms with Gasteiger partial charge < -0.3 is 9.53 Å². The molecule has 0 bridgehead atoms. The van der Waals surface area contributed by atoms with Gasteiger partial charge in [0.05, 0.1) is 13.2 Å². The van der Waals surface area contributed by atoms with Crippen LogP contribution in [0, 0.1) is 0 Å². The summed E-state index contributed by atoms with van der Waals surface area (Å²) in [6.07, 6.45) is 7.07. The Morgan fingerprint density at radius 3 is 2.79 bits per heavy atom. The normalized spacial score (nSPS) is 33.1. The van der Waals surface area contributed by atoms with Crippen LogP contribution in [-0.2, 0) is 9.53 Å². The van der Waals surface area contributed by atoms with E-state index in [4.69, 9.17) is 4.74 Å². The number of aldehydes is 1. The summed E-state index contributed by atoms with van der Waals surface area (Å²) in [7, 11) is 0.